The molecule has 0 amide bonds. The van der Waals surface area contributed by atoms with Gasteiger partial charge in [0.25, 0.3) is 0 Å². The number of nitrogens with one attached hydrogen (secondary N) is 1. The first-order valence-corrected chi connectivity index (χ1v) is 13.2. The Kier molecular flexibility index (Phi) is 8.12. The number of hydrogen-bond donors (Lipinski definition) is 4. The second-order valence-electron chi connectivity index (χ2n) is 8.80. The average Bonchev–Trinajstić information content (AvgIpc) is 3.40. The summed E-state index contributed by atoms with van der Waals surface area (Å²) in [7, 11) is -4.19. The molecule has 1 aliphatic heterocycles. The average molecular weight is 535 g/mol. The van der Waals surface area contributed by atoms with Gasteiger partial charge in [-0.1, -0.05) is 18.2 Å². The van der Waals surface area contributed by atoms with Crippen LogP contribution in [0.4, 0.5) is 5.82 Å². The number of nitrogens with two attached hydrogens (primary N) is 1. The zero-order chi connectivity index (χ0) is 26.7. The molecule has 1 aromatic carbocycles. The molecule has 2 aromatic heterocycles. The Balaban J connectivity index is 1.50. The summed E-state index contributed by atoms with van der Waals surface area (Å²) in [6.45, 7) is 4.40. The smallest absolute Gasteiger partial charge is 0.459 e. The van der Waals surface area contributed by atoms with Crippen LogP contribution in [0, 0.1) is 0 Å². The van der Waals surface area contributed by atoms with Gasteiger partial charge < -0.3 is 34.5 Å². The Labute approximate surface area is 213 Å². The number of aliphatic hydroxyl groups excluding tert-OH is 2. The fraction of sp³-hybridized carbons (Fsp3) is 0.435. The van der Waals surface area contributed by atoms with E-state index >= 15 is 0 Å². The standard InChI is InChI=1S/C23H30N5O8P/c1-13(2)34-23(31)14(3)27-37(32,36-15-7-5-4-6-8-15)33-11-17-18(29)19(30)22(35-17)28-10-9-16-20(24)25-12-26-21(16)28/h4-10,12-14,17-19,22,29-30H,11H2,1-3H3,(H,27,32)(H2,24,25,26)/t14-,17-,18-,19-,22?,37?/m1/s1. The van der Waals surface area contributed by atoms with E-state index in [1.165, 1.54) is 17.8 Å². The zero-order valence-corrected chi connectivity index (χ0v) is 21.4. The van der Waals surface area contributed by atoms with Crippen molar-refractivity contribution in [3.05, 3.63) is 48.9 Å². The van der Waals surface area contributed by atoms with Gasteiger partial charge in [0.05, 0.1) is 18.1 Å². The summed E-state index contributed by atoms with van der Waals surface area (Å²) in [6, 6.07) is 8.88. The lowest BCUT2D eigenvalue weighted by atomic mass is 10.1. The lowest BCUT2D eigenvalue weighted by Crippen LogP contribution is -2.38. The van der Waals surface area contributed by atoms with Crippen LogP contribution in [0.2, 0.25) is 0 Å². The first-order valence-electron chi connectivity index (χ1n) is 11.6. The largest absolute Gasteiger partial charge is 0.462 e. The highest BCUT2D eigenvalue weighted by Gasteiger charge is 2.46. The van der Waals surface area contributed by atoms with Crippen LogP contribution in [0.25, 0.3) is 11.0 Å². The number of para-hydroxylation sites is 1. The van der Waals surface area contributed by atoms with E-state index in [0.717, 1.165) is 0 Å². The van der Waals surface area contributed by atoms with E-state index in [4.69, 9.17) is 24.3 Å². The van der Waals surface area contributed by atoms with E-state index in [1.54, 1.807) is 56.4 Å². The Morgan fingerprint density at radius 1 is 1.19 bits per heavy atom. The molecule has 0 saturated carbocycles. The lowest BCUT2D eigenvalue weighted by Gasteiger charge is -2.25. The fourth-order valence-corrected chi connectivity index (χ4v) is 5.30. The molecule has 37 heavy (non-hydrogen) atoms. The van der Waals surface area contributed by atoms with Crippen molar-refractivity contribution in [1.29, 1.82) is 0 Å². The van der Waals surface area contributed by atoms with Crippen molar-refractivity contribution < 1.29 is 38.1 Å². The summed E-state index contributed by atoms with van der Waals surface area (Å²) in [5.41, 5.74) is 6.29. The number of anilines is 1. The number of ether oxygens (including phenoxy) is 2. The lowest BCUT2D eigenvalue weighted by molar-refractivity contribution is -0.149. The Morgan fingerprint density at radius 2 is 1.92 bits per heavy atom. The molecule has 4 rings (SSSR count). The minimum Gasteiger partial charge on any atom is -0.462 e. The molecule has 0 aliphatic carbocycles. The number of hydrogen-bond acceptors (Lipinski definition) is 11. The summed E-state index contributed by atoms with van der Waals surface area (Å²) >= 11 is 0. The first-order chi connectivity index (χ1) is 17.6. The van der Waals surface area contributed by atoms with Gasteiger partial charge in [0.2, 0.25) is 0 Å². The molecule has 6 atom stereocenters. The maximum Gasteiger partial charge on any atom is 0.459 e. The second-order valence-corrected chi connectivity index (χ2v) is 10.5. The van der Waals surface area contributed by atoms with Crippen molar-refractivity contribution >= 4 is 30.6 Å². The SMILES string of the molecule is CC(C)OC(=O)[C@@H](C)NP(=O)(OC[C@H]1OC(n2ccc3c(N)ncnc32)[C@H](O)[C@@H]1O)Oc1ccccc1. The van der Waals surface area contributed by atoms with E-state index in [2.05, 4.69) is 15.1 Å². The van der Waals surface area contributed by atoms with Gasteiger partial charge in [-0.05, 0) is 39.0 Å². The molecule has 3 aromatic rings. The van der Waals surface area contributed by atoms with Crippen molar-refractivity contribution in [1.82, 2.24) is 19.6 Å². The van der Waals surface area contributed by atoms with Gasteiger partial charge in [-0.3, -0.25) is 9.32 Å². The molecule has 1 fully saturated rings. The number of fused-ring (bicyclic) bond motifs is 1. The molecule has 5 N–H and O–H groups in total. The van der Waals surface area contributed by atoms with Gasteiger partial charge >= 0.3 is 13.7 Å². The van der Waals surface area contributed by atoms with E-state index in [9.17, 15) is 19.6 Å². The van der Waals surface area contributed by atoms with Crippen molar-refractivity contribution in [3.8, 4) is 5.75 Å². The molecular weight excluding hydrogens is 505 g/mol. The van der Waals surface area contributed by atoms with Gasteiger partial charge in [0, 0.05) is 6.20 Å². The van der Waals surface area contributed by atoms with Crippen molar-refractivity contribution in [3.63, 3.8) is 0 Å². The third-order valence-electron chi connectivity index (χ3n) is 5.59. The van der Waals surface area contributed by atoms with Crippen molar-refractivity contribution in [2.75, 3.05) is 12.3 Å². The van der Waals surface area contributed by atoms with E-state index in [1.807, 2.05) is 0 Å². The molecule has 0 spiro atoms. The van der Waals surface area contributed by atoms with Crippen LogP contribution in [0.3, 0.4) is 0 Å². The molecule has 14 heteroatoms. The number of rotatable bonds is 10. The highest BCUT2D eigenvalue weighted by atomic mass is 31.2. The molecule has 1 aliphatic rings. The molecule has 2 unspecified atom stereocenters. The van der Waals surface area contributed by atoms with E-state index in [0.29, 0.717) is 11.0 Å². The number of aliphatic hydroxyl groups is 2. The maximum atomic E-state index is 13.7. The van der Waals surface area contributed by atoms with Crippen molar-refractivity contribution in [2.45, 2.75) is 57.5 Å². The van der Waals surface area contributed by atoms with Crippen molar-refractivity contribution in [2.24, 2.45) is 0 Å². The zero-order valence-electron chi connectivity index (χ0n) is 20.5. The van der Waals surface area contributed by atoms with Gasteiger partial charge in [0.15, 0.2) is 6.23 Å². The highest BCUT2D eigenvalue weighted by molar-refractivity contribution is 7.52. The van der Waals surface area contributed by atoms with Gasteiger partial charge in [-0.2, -0.15) is 5.09 Å². The Bertz CT molecular complexity index is 1270. The molecule has 0 radical (unpaired) electrons. The molecule has 200 valence electrons. The Hall–Kier alpha value is -3.06. The van der Waals surface area contributed by atoms with Crippen LogP contribution in [-0.2, 0) is 23.4 Å². The third kappa shape index (κ3) is 6.09. The number of benzene rings is 1. The van der Waals surface area contributed by atoms with Crippen LogP contribution >= 0.6 is 7.75 Å². The van der Waals surface area contributed by atoms with Crippen LogP contribution in [0.5, 0.6) is 5.75 Å². The minimum absolute atomic E-state index is 0.227. The van der Waals surface area contributed by atoms with Crippen LogP contribution < -0.4 is 15.3 Å². The first kappa shape index (κ1) is 27.0. The summed E-state index contributed by atoms with van der Waals surface area (Å²) in [4.78, 5) is 20.4. The fourth-order valence-electron chi connectivity index (χ4n) is 3.80. The number of carbonyl (C=O) groups excluding carboxylic acids is 1. The molecule has 1 saturated heterocycles. The quantitative estimate of drug-likeness (QED) is 0.219. The molecular formula is C23H30N5O8P. The number of nitrogen functional groups attached to an aromatic ring is 1. The second kappa shape index (κ2) is 11.1. The predicted octanol–water partition coefficient (Wildman–Crippen LogP) is 1.77. The molecule has 13 nitrogen and oxygen atoms in total. The number of aromatic nitrogens is 3. The predicted molar refractivity (Wildman–Crippen MR) is 132 cm³/mol. The number of nitrogens with zero attached hydrogens (tertiary/aromatic N) is 3. The topological polar surface area (TPSA) is 180 Å². The normalized spacial score (nSPS) is 24.2. The van der Waals surface area contributed by atoms with Crippen LogP contribution in [0.1, 0.15) is 27.0 Å². The van der Waals surface area contributed by atoms with Crippen LogP contribution in [-0.4, -0.2) is 67.8 Å². The summed E-state index contributed by atoms with van der Waals surface area (Å²) in [5, 5.41) is 24.5. The summed E-state index contributed by atoms with van der Waals surface area (Å²) in [6.07, 6.45) is -2.37. The number of esters is 1. The third-order valence-corrected chi connectivity index (χ3v) is 7.23. The highest BCUT2D eigenvalue weighted by Crippen LogP contribution is 2.46. The van der Waals surface area contributed by atoms with Gasteiger partial charge in [-0.25, -0.2) is 14.5 Å². The summed E-state index contributed by atoms with van der Waals surface area (Å²) in [5.74, 6) is -0.166. The summed E-state index contributed by atoms with van der Waals surface area (Å²) < 4.78 is 37.4. The van der Waals surface area contributed by atoms with E-state index in [-0.39, 0.29) is 17.7 Å². The molecule has 3 heterocycles. The van der Waals surface area contributed by atoms with Gasteiger partial charge in [-0.15, -0.1) is 0 Å². The maximum absolute atomic E-state index is 13.7. The van der Waals surface area contributed by atoms with Crippen LogP contribution in [0.15, 0.2) is 48.9 Å². The Morgan fingerprint density at radius 3 is 2.62 bits per heavy atom. The van der Waals surface area contributed by atoms with E-state index < -0.39 is 50.9 Å². The molecule has 0 bridgehead atoms. The van der Waals surface area contributed by atoms with Gasteiger partial charge in [0.1, 0.15) is 47.9 Å². The monoisotopic (exact) mass is 535 g/mol. The minimum atomic E-state index is -4.19. The number of carbonyl (C=O) groups is 1.